The number of benzene rings is 4. The fraction of sp³-hybridized carbons (Fsp3) is 0.333. The molecule has 1 N–H and O–H groups in total. The van der Waals surface area contributed by atoms with Gasteiger partial charge in [-0.05, 0) is 90.4 Å². The van der Waals surface area contributed by atoms with Gasteiger partial charge in [0.2, 0.25) is 5.91 Å². The number of fused-ring (bicyclic) bond motifs is 4. The zero-order valence-corrected chi connectivity index (χ0v) is 26.5. The number of nitrogens with one attached hydrogen (secondary N) is 1. The highest BCUT2D eigenvalue weighted by atomic mass is 19.1. The molecule has 1 saturated heterocycles. The quantitative estimate of drug-likeness (QED) is 0.250. The first-order valence-corrected chi connectivity index (χ1v) is 16.6. The van der Waals surface area contributed by atoms with E-state index in [2.05, 4.69) is 69.7 Å². The number of halogens is 1. The van der Waals surface area contributed by atoms with Gasteiger partial charge in [0.1, 0.15) is 11.2 Å². The maximum atomic E-state index is 13.9. The fourth-order valence-electron chi connectivity index (χ4n) is 7.77. The van der Waals surface area contributed by atoms with Crippen molar-refractivity contribution in [1.29, 1.82) is 0 Å². The van der Waals surface area contributed by atoms with Crippen molar-refractivity contribution < 1.29 is 14.0 Å². The lowest BCUT2D eigenvalue weighted by molar-refractivity contribution is -0.125. The number of amides is 2. The number of nitrogens with zero attached hydrogens (tertiary/aromatic N) is 3. The van der Waals surface area contributed by atoms with Crippen LogP contribution >= 0.6 is 0 Å². The van der Waals surface area contributed by atoms with Gasteiger partial charge in [-0.25, -0.2) is 4.39 Å². The number of rotatable bonds is 9. The van der Waals surface area contributed by atoms with Crippen LogP contribution in [0.3, 0.4) is 0 Å². The van der Waals surface area contributed by atoms with Crippen LogP contribution in [0.4, 0.5) is 10.1 Å². The van der Waals surface area contributed by atoms with Crippen LogP contribution in [-0.4, -0.2) is 67.4 Å². The van der Waals surface area contributed by atoms with Crippen molar-refractivity contribution in [1.82, 2.24) is 15.1 Å². The Morgan fingerprint density at radius 3 is 2.24 bits per heavy atom. The molecule has 2 aliphatic heterocycles. The first kappa shape index (κ1) is 30.2. The van der Waals surface area contributed by atoms with Gasteiger partial charge >= 0.3 is 0 Å². The second-order valence-corrected chi connectivity index (χ2v) is 12.7. The zero-order valence-electron chi connectivity index (χ0n) is 26.5. The largest absolute Gasteiger partial charge is 0.369 e. The van der Waals surface area contributed by atoms with Crippen LogP contribution in [0.15, 0.2) is 91.0 Å². The maximum absolute atomic E-state index is 13.9. The summed E-state index contributed by atoms with van der Waals surface area (Å²) in [5.41, 5.74) is 7.61. The zero-order chi connectivity index (χ0) is 31.7. The molecule has 0 spiro atoms. The van der Waals surface area contributed by atoms with Gasteiger partial charge in [0.05, 0.1) is 0 Å². The molecule has 236 valence electrons. The van der Waals surface area contributed by atoms with E-state index in [-0.39, 0.29) is 17.6 Å². The molecule has 4 aromatic carbocycles. The molecular formula is C39H41FN4O2. The van der Waals surface area contributed by atoms with Gasteiger partial charge in [-0.2, -0.15) is 0 Å². The highest BCUT2D eigenvalue weighted by Gasteiger charge is 2.48. The molecule has 46 heavy (non-hydrogen) atoms. The monoisotopic (exact) mass is 616 g/mol. The molecule has 0 radical (unpaired) electrons. The molecule has 7 rings (SSSR count). The van der Waals surface area contributed by atoms with Gasteiger partial charge < -0.3 is 15.1 Å². The minimum Gasteiger partial charge on any atom is -0.369 e. The average molecular weight is 617 g/mol. The highest BCUT2D eigenvalue weighted by molar-refractivity contribution is 6.00. The maximum Gasteiger partial charge on any atom is 0.254 e. The summed E-state index contributed by atoms with van der Waals surface area (Å²) in [5, 5.41) is 3.16. The number of hydrogen-bond acceptors (Lipinski definition) is 4. The van der Waals surface area contributed by atoms with Gasteiger partial charge in [0.15, 0.2) is 0 Å². The molecule has 0 unspecified atom stereocenters. The summed E-state index contributed by atoms with van der Waals surface area (Å²) in [5.74, 6) is -0.171. The number of anilines is 1. The van der Waals surface area contributed by atoms with Crippen molar-refractivity contribution in [2.45, 2.75) is 38.1 Å². The standard InChI is InChI=1S/C39H41FN4O2/c1-2-41-38(46)39(35-13-5-3-11-32(35)33-12-4-6-14-36(33)39)18-8-19-42-21-23-43(24-22-42)31-16-15-29-17-20-44(37(45)34(29)26-31)27-28-9-7-10-30(40)25-28/h3-7,9-16,25-26H,2,8,17-24,27H2,1H3,(H,41,46). The Labute approximate surface area is 270 Å². The van der Waals surface area contributed by atoms with E-state index in [1.807, 2.05) is 30.0 Å². The molecule has 0 bridgehead atoms. The smallest absolute Gasteiger partial charge is 0.254 e. The van der Waals surface area contributed by atoms with Gasteiger partial charge in [0.25, 0.3) is 5.91 Å². The van der Waals surface area contributed by atoms with E-state index < -0.39 is 5.41 Å². The minimum absolute atomic E-state index is 0.0158. The normalized spacial score (nSPS) is 17.0. The number of likely N-dealkylation sites (N-methyl/N-ethyl adjacent to an activating group) is 1. The lowest BCUT2D eigenvalue weighted by Crippen LogP contribution is -2.48. The summed E-state index contributed by atoms with van der Waals surface area (Å²) in [6.45, 7) is 8.19. The highest BCUT2D eigenvalue weighted by Crippen LogP contribution is 2.51. The Morgan fingerprint density at radius 2 is 1.54 bits per heavy atom. The van der Waals surface area contributed by atoms with E-state index in [4.69, 9.17) is 0 Å². The molecule has 4 aromatic rings. The number of hydrogen-bond donors (Lipinski definition) is 1. The summed E-state index contributed by atoms with van der Waals surface area (Å²) < 4.78 is 13.7. The van der Waals surface area contributed by atoms with E-state index in [9.17, 15) is 14.0 Å². The Kier molecular flexibility index (Phi) is 8.34. The topological polar surface area (TPSA) is 55.9 Å². The van der Waals surface area contributed by atoms with Crippen LogP contribution < -0.4 is 10.2 Å². The van der Waals surface area contributed by atoms with E-state index in [0.717, 1.165) is 85.5 Å². The van der Waals surface area contributed by atoms with Gasteiger partial charge in [0, 0.05) is 57.1 Å². The lowest BCUT2D eigenvalue weighted by atomic mass is 9.73. The third-order valence-electron chi connectivity index (χ3n) is 10.1. The van der Waals surface area contributed by atoms with Gasteiger partial charge in [-0.15, -0.1) is 0 Å². The number of carbonyl (C=O) groups is 2. The van der Waals surface area contributed by atoms with Gasteiger partial charge in [-0.1, -0.05) is 66.7 Å². The van der Waals surface area contributed by atoms with E-state index in [1.165, 1.54) is 23.3 Å². The van der Waals surface area contributed by atoms with Gasteiger partial charge in [-0.3, -0.25) is 14.5 Å². The molecule has 1 aliphatic carbocycles. The Balaban J connectivity index is 0.999. The molecule has 2 heterocycles. The number of piperazine rings is 1. The fourth-order valence-corrected chi connectivity index (χ4v) is 7.77. The van der Waals surface area contributed by atoms with Crippen LogP contribution in [0, 0.1) is 5.82 Å². The van der Waals surface area contributed by atoms with E-state index in [0.29, 0.717) is 19.6 Å². The first-order chi connectivity index (χ1) is 22.5. The molecule has 2 amide bonds. The van der Waals surface area contributed by atoms with Crippen LogP contribution in [0.2, 0.25) is 0 Å². The molecule has 1 fully saturated rings. The predicted molar refractivity (Wildman–Crippen MR) is 181 cm³/mol. The summed E-state index contributed by atoms with van der Waals surface area (Å²) in [6.07, 6.45) is 2.47. The Morgan fingerprint density at radius 1 is 0.826 bits per heavy atom. The van der Waals surface area contributed by atoms with Crippen molar-refractivity contribution >= 4 is 17.5 Å². The number of carbonyl (C=O) groups excluding carboxylic acids is 2. The molecule has 7 heteroatoms. The van der Waals surface area contributed by atoms with Crippen molar-refractivity contribution in [2.24, 2.45) is 0 Å². The Hall–Kier alpha value is -4.49. The summed E-state index contributed by atoms with van der Waals surface area (Å²) in [4.78, 5) is 34.0. The second kappa shape index (κ2) is 12.7. The summed E-state index contributed by atoms with van der Waals surface area (Å²) >= 11 is 0. The first-order valence-electron chi connectivity index (χ1n) is 16.6. The molecule has 3 aliphatic rings. The van der Waals surface area contributed by atoms with Crippen LogP contribution in [0.25, 0.3) is 11.1 Å². The SMILES string of the molecule is CCNC(=O)C1(CCCN2CCN(c3ccc4c(c3)C(=O)N(Cc3cccc(F)c3)CC4)CC2)c2ccccc2-c2ccccc21. The predicted octanol–water partition coefficient (Wildman–Crippen LogP) is 6.03. The lowest BCUT2D eigenvalue weighted by Gasteiger charge is -2.37. The molecule has 0 aromatic heterocycles. The summed E-state index contributed by atoms with van der Waals surface area (Å²) in [7, 11) is 0. The van der Waals surface area contributed by atoms with Crippen LogP contribution in [0.5, 0.6) is 0 Å². The summed E-state index contributed by atoms with van der Waals surface area (Å²) in [6, 6.07) is 29.6. The third-order valence-corrected chi connectivity index (χ3v) is 10.1. The third kappa shape index (κ3) is 5.47. The van der Waals surface area contributed by atoms with Crippen molar-refractivity contribution in [3.8, 4) is 11.1 Å². The van der Waals surface area contributed by atoms with Crippen molar-refractivity contribution in [3.05, 3.63) is 125 Å². The van der Waals surface area contributed by atoms with Crippen LogP contribution in [-0.2, 0) is 23.2 Å². The van der Waals surface area contributed by atoms with E-state index >= 15 is 0 Å². The molecule has 0 saturated carbocycles. The molecular weight excluding hydrogens is 575 g/mol. The minimum atomic E-state index is -0.677. The Bertz CT molecular complexity index is 1720. The second-order valence-electron chi connectivity index (χ2n) is 12.7. The van der Waals surface area contributed by atoms with Crippen molar-refractivity contribution in [2.75, 3.05) is 50.7 Å². The van der Waals surface area contributed by atoms with Crippen LogP contribution in [0.1, 0.15) is 52.4 Å². The average Bonchev–Trinajstić information content (AvgIpc) is 3.37. The molecule has 0 atom stereocenters. The van der Waals surface area contributed by atoms with E-state index in [1.54, 1.807) is 6.07 Å². The van der Waals surface area contributed by atoms with Crippen molar-refractivity contribution in [3.63, 3.8) is 0 Å². The molecule has 6 nitrogen and oxygen atoms in total.